The second kappa shape index (κ2) is 8.37. The summed E-state index contributed by atoms with van der Waals surface area (Å²) in [4.78, 5) is 12.0. The van der Waals surface area contributed by atoms with Crippen molar-refractivity contribution in [2.45, 2.75) is 0 Å². The highest BCUT2D eigenvalue weighted by Crippen LogP contribution is 2.29. The maximum Gasteiger partial charge on any atom is 0.322 e. The van der Waals surface area contributed by atoms with Gasteiger partial charge in [-0.1, -0.05) is 34.9 Å². The predicted molar refractivity (Wildman–Crippen MR) is 102 cm³/mol. The molecule has 1 N–H and O–H groups in total. The van der Waals surface area contributed by atoms with Gasteiger partial charge < -0.3 is 13.9 Å². The number of halogens is 1. The Morgan fingerprint density at radius 2 is 1.81 bits per heavy atom. The van der Waals surface area contributed by atoms with Crippen LogP contribution in [0, 0.1) is 0 Å². The van der Waals surface area contributed by atoms with Crippen molar-refractivity contribution in [2.75, 3.05) is 19.5 Å². The van der Waals surface area contributed by atoms with Gasteiger partial charge in [0.1, 0.15) is 11.5 Å². The summed E-state index contributed by atoms with van der Waals surface area (Å²) in [6.07, 6.45) is 2.93. The molecule has 0 saturated carbocycles. The van der Waals surface area contributed by atoms with E-state index in [1.54, 1.807) is 50.6 Å². The standard InChI is InChI=1S/C19H16ClN3O4/c1-25-14-9-13(10-15(11-14)26-2)18-22-23-19(27-18)21-17(24)8-7-12-5-3-4-6-16(12)20/h3-11H,1-2H3,(H,21,23,24)/b8-7+. The second-order valence-corrected chi connectivity index (χ2v) is 5.77. The van der Waals surface area contributed by atoms with Crippen molar-refractivity contribution in [1.82, 2.24) is 10.2 Å². The zero-order valence-electron chi connectivity index (χ0n) is 14.6. The molecule has 7 nitrogen and oxygen atoms in total. The average molecular weight is 386 g/mol. The molecule has 0 aliphatic rings. The Morgan fingerprint density at radius 3 is 2.48 bits per heavy atom. The lowest BCUT2D eigenvalue weighted by Gasteiger charge is -2.05. The molecule has 1 aromatic heterocycles. The molecule has 3 rings (SSSR count). The van der Waals surface area contributed by atoms with Gasteiger partial charge in [-0.2, -0.15) is 0 Å². The number of hydrogen-bond acceptors (Lipinski definition) is 6. The lowest BCUT2D eigenvalue weighted by Crippen LogP contribution is -2.07. The van der Waals surface area contributed by atoms with Crippen LogP contribution in [-0.2, 0) is 4.79 Å². The summed E-state index contributed by atoms with van der Waals surface area (Å²) in [6, 6.07) is 12.3. The number of aromatic nitrogens is 2. The van der Waals surface area contributed by atoms with E-state index in [1.165, 1.54) is 6.08 Å². The molecule has 138 valence electrons. The molecule has 0 fully saturated rings. The molecule has 8 heteroatoms. The first-order valence-electron chi connectivity index (χ1n) is 7.89. The van der Waals surface area contributed by atoms with Gasteiger partial charge in [0.25, 0.3) is 5.91 Å². The summed E-state index contributed by atoms with van der Waals surface area (Å²) in [5.41, 5.74) is 1.33. The van der Waals surface area contributed by atoms with Crippen LogP contribution in [0.2, 0.25) is 5.02 Å². The second-order valence-electron chi connectivity index (χ2n) is 5.36. The highest BCUT2D eigenvalue weighted by molar-refractivity contribution is 6.32. The van der Waals surface area contributed by atoms with Crippen molar-refractivity contribution < 1.29 is 18.7 Å². The molecule has 0 bridgehead atoms. The lowest BCUT2D eigenvalue weighted by molar-refractivity contribution is -0.112. The molecule has 0 saturated heterocycles. The largest absolute Gasteiger partial charge is 0.497 e. The van der Waals surface area contributed by atoms with Crippen LogP contribution < -0.4 is 14.8 Å². The van der Waals surface area contributed by atoms with Crippen LogP contribution in [-0.4, -0.2) is 30.3 Å². The predicted octanol–water partition coefficient (Wildman–Crippen LogP) is 4.06. The third-order valence-electron chi connectivity index (χ3n) is 3.57. The zero-order valence-corrected chi connectivity index (χ0v) is 15.4. The molecule has 3 aromatic rings. The summed E-state index contributed by atoms with van der Waals surface area (Å²) in [7, 11) is 3.09. The van der Waals surface area contributed by atoms with Crippen LogP contribution in [0.3, 0.4) is 0 Å². The van der Waals surface area contributed by atoms with E-state index < -0.39 is 5.91 Å². The normalized spacial score (nSPS) is 10.8. The monoisotopic (exact) mass is 385 g/mol. The fourth-order valence-corrected chi connectivity index (χ4v) is 2.44. The molecule has 1 heterocycles. The average Bonchev–Trinajstić information content (AvgIpc) is 3.15. The summed E-state index contributed by atoms with van der Waals surface area (Å²) in [6.45, 7) is 0. The van der Waals surface area contributed by atoms with E-state index in [1.807, 2.05) is 12.1 Å². The molecular weight excluding hydrogens is 370 g/mol. The first-order valence-corrected chi connectivity index (χ1v) is 8.27. The van der Waals surface area contributed by atoms with Gasteiger partial charge in [-0.05, 0) is 29.8 Å². The van der Waals surface area contributed by atoms with Gasteiger partial charge in [-0.15, -0.1) is 5.10 Å². The van der Waals surface area contributed by atoms with E-state index in [-0.39, 0.29) is 11.9 Å². The Labute approximate surface area is 160 Å². The van der Waals surface area contributed by atoms with Crippen LogP contribution in [0.4, 0.5) is 6.01 Å². The molecule has 0 radical (unpaired) electrons. The first-order chi connectivity index (χ1) is 13.1. The Bertz CT molecular complexity index is 962. The van der Waals surface area contributed by atoms with E-state index in [2.05, 4.69) is 15.5 Å². The third kappa shape index (κ3) is 4.65. The van der Waals surface area contributed by atoms with E-state index in [9.17, 15) is 4.79 Å². The van der Waals surface area contributed by atoms with Gasteiger partial charge in [0, 0.05) is 22.7 Å². The third-order valence-corrected chi connectivity index (χ3v) is 3.92. The summed E-state index contributed by atoms with van der Waals surface area (Å²) < 4.78 is 15.9. The number of methoxy groups -OCH3 is 2. The van der Waals surface area contributed by atoms with Crippen molar-refractivity contribution in [1.29, 1.82) is 0 Å². The minimum atomic E-state index is -0.423. The van der Waals surface area contributed by atoms with Crippen LogP contribution in [0.25, 0.3) is 17.5 Å². The fourth-order valence-electron chi connectivity index (χ4n) is 2.24. The molecule has 1 amide bonds. The number of amides is 1. The number of ether oxygens (including phenoxy) is 2. The highest BCUT2D eigenvalue weighted by atomic mass is 35.5. The number of nitrogens with zero attached hydrogens (tertiary/aromatic N) is 2. The maximum atomic E-state index is 12.0. The minimum Gasteiger partial charge on any atom is -0.497 e. The van der Waals surface area contributed by atoms with E-state index in [0.717, 1.165) is 5.56 Å². The molecule has 0 unspecified atom stereocenters. The van der Waals surface area contributed by atoms with Crippen molar-refractivity contribution in [2.24, 2.45) is 0 Å². The smallest absolute Gasteiger partial charge is 0.322 e. The van der Waals surface area contributed by atoms with Crippen LogP contribution in [0.1, 0.15) is 5.56 Å². The van der Waals surface area contributed by atoms with Crippen molar-refractivity contribution >= 4 is 29.6 Å². The molecule has 0 spiro atoms. The molecule has 2 aromatic carbocycles. The Hall–Kier alpha value is -3.32. The molecular formula is C19H16ClN3O4. The number of carbonyl (C=O) groups excluding carboxylic acids is 1. The minimum absolute atomic E-state index is 0.0272. The van der Waals surface area contributed by atoms with Gasteiger partial charge >= 0.3 is 6.01 Å². The summed E-state index contributed by atoms with van der Waals surface area (Å²) in [5, 5.41) is 10.8. The SMILES string of the molecule is COc1cc(OC)cc(-c2nnc(NC(=O)/C=C/c3ccccc3Cl)o2)c1. The van der Waals surface area contributed by atoms with E-state index in [4.69, 9.17) is 25.5 Å². The number of carbonyl (C=O) groups is 1. The van der Waals surface area contributed by atoms with Crippen molar-refractivity contribution in [3.8, 4) is 23.0 Å². The maximum absolute atomic E-state index is 12.0. The zero-order chi connectivity index (χ0) is 19.2. The van der Waals surface area contributed by atoms with Crippen molar-refractivity contribution in [3.05, 3.63) is 59.1 Å². The number of anilines is 1. The Kier molecular flexibility index (Phi) is 5.73. The van der Waals surface area contributed by atoms with Crippen LogP contribution >= 0.6 is 11.6 Å². The Morgan fingerprint density at radius 1 is 1.11 bits per heavy atom. The molecule has 27 heavy (non-hydrogen) atoms. The lowest BCUT2D eigenvalue weighted by atomic mass is 10.2. The van der Waals surface area contributed by atoms with Crippen LogP contribution in [0.15, 0.2) is 53.0 Å². The molecule has 0 atom stereocenters. The highest BCUT2D eigenvalue weighted by Gasteiger charge is 2.12. The van der Waals surface area contributed by atoms with E-state index in [0.29, 0.717) is 22.1 Å². The van der Waals surface area contributed by atoms with Crippen LogP contribution in [0.5, 0.6) is 11.5 Å². The number of nitrogens with one attached hydrogen (secondary N) is 1. The number of benzene rings is 2. The van der Waals surface area contributed by atoms with Gasteiger partial charge in [0.15, 0.2) is 0 Å². The van der Waals surface area contributed by atoms with Gasteiger partial charge in [0.05, 0.1) is 14.2 Å². The van der Waals surface area contributed by atoms with Gasteiger partial charge in [0.2, 0.25) is 5.89 Å². The molecule has 0 aliphatic carbocycles. The summed E-state index contributed by atoms with van der Waals surface area (Å²) in [5.74, 6) is 0.956. The Balaban J connectivity index is 1.73. The van der Waals surface area contributed by atoms with E-state index >= 15 is 0 Å². The van der Waals surface area contributed by atoms with Gasteiger partial charge in [-0.3, -0.25) is 10.1 Å². The number of hydrogen-bond donors (Lipinski definition) is 1. The number of rotatable bonds is 6. The first kappa shape index (κ1) is 18.5. The topological polar surface area (TPSA) is 86.5 Å². The molecule has 0 aliphatic heterocycles. The van der Waals surface area contributed by atoms with Crippen molar-refractivity contribution in [3.63, 3.8) is 0 Å². The summed E-state index contributed by atoms with van der Waals surface area (Å²) >= 11 is 6.04. The van der Waals surface area contributed by atoms with Gasteiger partial charge in [-0.25, -0.2) is 0 Å². The quantitative estimate of drug-likeness (QED) is 0.644. The fraction of sp³-hybridized carbons (Fsp3) is 0.105.